The molecule has 0 fully saturated rings. The Hall–Kier alpha value is -3.21. The monoisotopic (exact) mass is 287 g/mol. The highest BCUT2D eigenvalue weighted by atomic mass is 14.8. The summed E-state index contributed by atoms with van der Waals surface area (Å²) in [5.74, 6) is 0.482. The van der Waals surface area contributed by atoms with E-state index in [2.05, 4.69) is 19.9 Å². The first-order valence-electron chi connectivity index (χ1n) is 6.93. The van der Waals surface area contributed by atoms with Crippen molar-refractivity contribution >= 4 is 16.9 Å². The first-order chi connectivity index (χ1) is 10.8. The van der Waals surface area contributed by atoms with Gasteiger partial charge in [-0.05, 0) is 36.4 Å². The maximum absolute atomic E-state index is 5.82. The van der Waals surface area contributed by atoms with Gasteiger partial charge in [0.25, 0.3) is 0 Å². The number of nitrogen functional groups attached to an aromatic ring is 1. The third-order valence-electron chi connectivity index (χ3n) is 3.54. The topological polar surface area (TPSA) is 80.5 Å². The van der Waals surface area contributed by atoms with Gasteiger partial charge in [0.1, 0.15) is 5.82 Å². The average molecular weight is 287 g/mol. The second kappa shape index (κ2) is 4.96. The zero-order chi connectivity index (χ0) is 14.9. The Morgan fingerprint density at radius 3 is 2.59 bits per heavy atom. The Balaban J connectivity index is 2.06. The largest absolute Gasteiger partial charge is 0.384 e. The summed E-state index contributed by atoms with van der Waals surface area (Å²) in [5.41, 5.74) is 11.4. The summed E-state index contributed by atoms with van der Waals surface area (Å²) in [6, 6.07) is 13.5. The number of nitrogens with two attached hydrogens (primary N) is 1. The Morgan fingerprint density at radius 2 is 1.77 bits per heavy atom. The van der Waals surface area contributed by atoms with E-state index in [0.717, 1.165) is 33.5 Å². The molecule has 5 nitrogen and oxygen atoms in total. The first-order valence-corrected chi connectivity index (χ1v) is 6.93. The molecule has 0 saturated heterocycles. The van der Waals surface area contributed by atoms with Crippen molar-refractivity contribution in [2.75, 3.05) is 5.73 Å². The third kappa shape index (κ3) is 2.00. The number of aromatic nitrogens is 4. The first kappa shape index (κ1) is 12.5. The Morgan fingerprint density at radius 1 is 0.864 bits per heavy atom. The highest BCUT2D eigenvalue weighted by molar-refractivity contribution is 6.00. The van der Waals surface area contributed by atoms with E-state index in [1.807, 2.05) is 42.5 Å². The summed E-state index contributed by atoms with van der Waals surface area (Å²) in [6.07, 6.45) is 5.26. The van der Waals surface area contributed by atoms with Crippen LogP contribution in [0.2, 0.25) is 0 Å². The van der Waals surface area contributed by atoms with Crippen molar-refractivity contribution < 1.29 is 0 Å². The predicted octanol–water partition coefficient (Wildman–Crippen LogP) is 3.27. The van der Waals surface area contributed by atoms with E-state index in [0.29, 0.717) is 5.82 Å². The number of nitrogens with zero attached hydrogens (tertiary/aromatic N) is 3. The second-order valence-electron chi connectivity index (χ2n) is 4.96. The molecule has 0 aromatic carbocycles. The van der Waals surface area contributed by atoms with Gasteiger partial charge < -0.3 is 10.7 Å². The van der Waals surface area contributed by atoms with Crippen LogP contribution in [0.15, 0.2) is 61.1 Å². The summed E-state index contributed by atoms with van der Waals surface area (Å²) >= 11 is 0. The van der Waals surface area contributed by atoms with Gasteiger partial charge in [0.15, 0.2) is 0 Å². The number of hydrogen-bond acceptors (Lipinski definition) is 4. The lowest BCUT2D eigenvalue weighted by molar-refractivity contribution is 1.31. The Bertz CT molecular complexity index is 944. The van der Waals surface area contributed by atoms with Crippen molar-refractivity contribution in [2.45, 2.75) is 0 Å². The Kier molecular flexibility index (Phi) is 2.83. The van der Waals surface area contributed by atoms with Crippen molar-refractivity contribution in [1.29, 1.82) is 0 Å². The number of rotatable bonds is 2. The molecule has 22 heavy (non-hydrogen) atoms. The molecule has 0 aliphatic carbocycles. The van der Waals surface area contributed by atoms with Crippen LogP contribution in [0.4, 0.5) is 5.82 Å². The van der Waals surface area contributed by atoms with Gasteiger partial charge in [-0.2, -0.15) is 0 Å². The summed E-state index contributed by atoms with van der Waals surface area (Å²) in [4.78, 5) is 16.5. The van der Waals surface area contributed by atoms with Crippen LogP contribution in [0.1, 0.15) is 0 Å². The summed E-state index contributed by atoms with van der Waals surface area (Å²) in [5, 5.41) is 0. The molecule has 0 bridgehead atoms. The zero-order valence-corrected chi connectivity index (χ0v) is 11.7. The fourth-order valence-corrected chi connectivity index (χ4v) is 2.60. The van der Waals surface area contributed by atoms with E-state index in [1.165, 1.54) is 0 Å². The van der Waals surface area contributed by atoms with Crippen LogP contribution >= 0.6 is 0 Å². The molecule has 0 aliphatic heterocycles. The SMILES string of the molecule is Nc1cc(-c2[nH]c3cccnc3c2-c2ccccn2)ccn1. The highest BCUT2D eigenvalue weighted by Crippen LogP contribution is 2.36. The number of nitrogens with one attached hydrogen (secondary N) is 1. The quantitative estimate of drug-likeness (QED) is 0.593. The van der Waals surface area contributed by atoms with E-state index >= 15 is 0 Å². The maximum atomic E-state index is 5.82. The third-order valence-corrected chi connectivity index (χ3v) is 3.54. The summed E-state index contributed by atoms with van der Waals surface area (Å²) in [6.45, 7) is 0. The number of anilines is 1. The molecule has 0 amide bonds. The van der Waals surface area contributed by atoms with Gasteiger partial charge in [0, 0.05) is 24.2 Å². The molecular formula is C17H13N5. The molecule has 0 aliphatic rings. The van der Waals surface area contributed by atoms with Crippen LogP contribution in [0.3, 0.4) is 0 Å². The lowest BCUT2D eigenvalue weighted by Gasteiger charge is -2.04. The molecule has 0 radical (unpaired) electrons. The van der Waals surface area contributed by atoms with Crippen molar-refractivity contribution in [3.63, 3.8) is 0 Å². The van der Waals surface area contributed by atoms with Gasteiger partial charge in [0.2, 0.25) is 0 Å². The van der Waals surface area contributed by atoms with Crippen LogP contribution < -0.4 is 5.73 Å². The number of aromatic amines is 1. The lowest BCUT2D eigenvalue weighted by atomic mass is 10.1. The van der Waals surface area contributed by atoms with E-state index in [-0.39, 0.29) is 0 Å². The summed E-state index contributed by atoms with van der Waals surface area (Å²) < 4.78 is 0. The molecule has 4 rings (SSSR count). The fraction of sp³-hybridized carbons (Fsp3) is 0. The molecule has 0 saturated carbocycles. The van der Waals surface area contributed by atoms with Crippen molar-refractivity contribution in [3.8, 4) is 22.5 Å². The zero-order valence-electron chi connectivity index (χ0n) is 11.7. The van der Waals surface area contributed by atoms with Gasteiger partial charge in [0.05, 0.1) is 28.0 Å². The van der Waals surface area contributed by atoms with E-state index in [9.17, 15) is 0 Å². The molecule has 3 N–H and O–H groups in total. The molecular weight excluding hydrogens is 274 g/mol. The van der Waals surface area contributed by atoms with Crippen LogP contribution in [-0.2, 0) is 0 Å². The van der Waals surface area contributed by atoms with Gasteiger partial charge in [-0.1, -0.05) is 6.07 Å². The number of fused-ring (bicyclic) bond motifs is 1. The fourth-order valence-electron chi connectivity index (χ4n) is 2.60. The maximum Gasteiger partial charge on any atom is 0.123 e. The smallest absolute Gasteiger partial charge is 0.123 e. The number of pyridine rings is 3. The van der Waals surface area contributed by atoms with Crippen molar-refractivity contribution in [2.24, 2.45) is 0 Å². The normalized spacial score (nSPS) is 10.9. The molecule has 4 heterocycles. The van der Waals surface area contributed by atoms with Crippen LogP contribution in [0.5, 0.6) is 0 Å². The lowest BCUT2D eigenvalue weighted by Crippen LogP contribution is -1.91. The minimum Gasteiger partial charge on any atom is -0.384 e. The molecule has 0 unspecified atom stereocenters. The standard InChI is InChI=1S/C17H13N5/c18-14-10-11(6-9-20-14)16-15(12-4-1-2-7-19-12)17-13(22-16)5-3-8-21-17/h1-10,22H,(H2,18,20). The number of H-pyrrole nitrogens is 1. The van der Waals surface area contributed by atoms with Crippen molar-refractivity contribution in [1.82, 2.24) is 19.9 Å². The van der Waals surface area contributed by atoms with E-state index in [1.54, 1.807) is 18.6 Å². The van der Waals surface area contributed by atoms with Gasteiger partial charge in [-0.3, -0.25) is 9.97 Å². The van der Waals surface area contributed by atoms with Gasteiger partial charge >= 0.3 is 0 Å². The molecule has 0 spiro atoms. The predicted molar refractivity (Wildman–Crippen MR) is 87.0 cm³/mol. The van der Waals surface area contributed by atoms with Gasteiger partial charge in [-0.25, -0.2) is 4.98 Å². The minimum atomic E-state index is 0.482. The molecule has 0 atom stereocenters. The van der Waals surface area contributed by atoms with Crippen LogP contribution in [-0.4, -0.2) is 19.9 Å². The average Bonchev–Trinajstić information content (AvgIpc) is 2.95. The van der Waals surface area contributed by atoms with Crippen molar-refractivity contribution in [3.05, 3.63) is 61.1 Å². The van der Waals surface area contributed by atoms with E-state index < -0.39 is 0 Å². The second-order valence-corrected chi connectivity index (χ2v) is 4.96. The van der Waals surface area contributed by atoms with Crippen LogP contribution in [0, 0.1) is 0 Å². The van der Waals surface area contributed by atoms with E-state index in [4.69, 9.17) is 5.73 Å². The Labute approximate surface area is 126 Å². The summed E-state index contributed by atoms with van der Waals surface area (Å²) in [7, 11) is 0. The van der Waals surface area contributed by atoms with Gasteiger partial charge in [-0.15, -0.1) is 0 Å². The molecule has 4 aromatic rings. The molecule has 5 heteroatoms. The highest BCUT2D eigenvalue weighted by Gasteiger charge is 2.16. The molecule has 106 valence electrons. The number of hydrogen-bond donors (Lipinski definition) is 2. The minimum absolute atomic E-state index is 0.482. The molecule has 4 aromatic heterocycles. The van der Waals surface area contributed by atoms with Crippen LogP contribution in [0.25, 0.3) is 33.5 Å².